The highest BCUT2D eigenvalue weighted by molar-refractivity contribution is 5.71. The van der Waals surface area contributed by atoms with Gasteiger partial charge in [0.25, 0.3) is 0 Å². The van der Waals surface area contributed by atoms with Crippen molar-refractivity contribution in [3.8, 4) is 0 Å². The van der Waals surface area contributed by atoms with Crippen LogP contribution in [0.2, 0.25) is 0 Å². The fraction of sp³-hybridized carbons (Fsp3) is 0.591. The number of rotatable bonds is 50. The maximum absolute atomic E-state index is 12.8. The Balaban J connectivity index is 4.28. The normalized spacial score (nSPS) is 13.2. The van der Waals surface area contributed by atoms with E-state index in [1.165, 1.54) is 38.5 Å². The minimum atomic E-state index is -0.805. The van der Waals surface area contributed by atoms with Gasteiger partial charge in [0.1, 0.15) is 13.2 Å². The molecule has 0 fully saturated rings. The van der Waals surface area contributed by atoms with E-state index in [9.17, 15) is 14.4 Å². The molecule has 404 valence electrons. The van der Waals surface area contributed by atoms with E-state index in [1.807, 2.05) is 0 Å². The van der Waals surface area contributed by atoms with Crippen molar-refractivity contribution >= 4 is 17.9 Å². The Kier molecular flexibility index (Phi) is 55.0. The zero-order valence-electron chi connectivity index (χ0n) is 46.1. The molecular formula is C66H104O6. The molecule has 0 radical (unpaired) electrons. The second-order valence-electron chi connectivity index (χ2n) is 18.5. The molecule has 1 atom stereocenters. The summed E-state index contributed by atoms with van der Waals surface area (Å²) >= 11 is 0. The van der Waals surface area contributed by atoms with E-state index in [0.717, 1.165) is 148 Å². The van der Waals surface area contributed by atoms with E-state index in [2.05, 4.69) is 167 Å². The molecule has 0 spiro atoms. The lowest BCUT2D eigenvalue weighted by molar-refractivity contribution is -0.167. The molecule has 0 saturated carbocycles. The van der Waals surface area contributed by atoms with E-state index >= 15 is 0 Å². The van der Waals surface area contributed by atoms with E-state index in [-0.39, 0.29) is 31.1 Å². The van der Waals surface area contributed by atoms with Gasteiger partial charge in [-0.2, -0.15) is 0 Å². The molecule has 6 nitrogen and oxygen atoms in total. The quantitative estimate of drug-likeness (QED) is 0.0261. The fourth-order valence-electron chi connectivity index (χ4n) is 7.27. The summed E-state index contributed by atoms with van der Waals surface area (Å²) in [5, 5.41) is 0. The number of carbonyl (C=O) groups excluding carboxylic acids is 3. The Morgan fingerprint density at radius 1 is 0.292 bits per heavy atom. The molecule has 0 aromatic heterocycles. The van der Waals surface area contributed by atoms with Crippen LogP contribution in [-0.4, -0.2) is 37.2 Å². The Labute approximate surface area is 442 Å². The van der Waals surface area contributed by atoms with Crippen molar-refractivity contribution in [2.24, 2.45) is 0 Å². The van der Waals surface area contributed by atoms with Crippen LogP contribution in [0.1, 0.15) is 233 Å². The number of hydrogen-bond acceptors (Lipinski definition) is 6. The van der Waals surface area contributed by atoms with E-state index < -0.39 is 6.10 Å². The second kappa shape index (κ2) is 58.9. The van der Waals surface area contributed by atoms with Gasteiger partial charge in [-0.05, 0) is 122 Å². The predicted octanol–water partition coefficient (Wildman–Crippen LogP) is 19.6. The lowest BCUT2D eigenvalue weighted by Crippen LogP contribution is -2.30. The molecule has 0 aromatic carbocycles. The lowest BCUT2D eigenvalue weighted by atomic mass is 10.1. The average Bonchev–Trinajstić information content (AvgIpc) is 3.38. The van der Waals surface area contributed by atoms with E-state index in [1.54, 1.807) is 0 Å². The van der Waals surface area contributed by atoms with Crippen LogP contribution < -0.4 is 0 Å². The fourth-order valence-corrected chi connectivity index (χ4v) is 7.27. The summed E-state index contributed by atoms with van der Waals surface area (Å²) in [6.07, 6.45) is 84.3. The van der Waals surface area contributed by atoms with E-state index in [0.29, 0.717) is 25.7 Å². The highest BCUT2D eigenvalue weighted by Gasteiger charge is 2.19. The summed E-state index contributed by atoms with van der Waals surface area (Å²) in [6, 6.07) is 0. The van der Waals surface area contributed by atoms with Crippen molar-refractivity contribution in [1.82, 2.24) is 0 Å². The number of hydrogen-bond donors (Lipinski definition) is 0. The summed E-state index contributed by atoms with van der Waals surface area (Å²) < 4.78 is 16.7. The van der Waals surface area contributed by atoms with Gasteiger partial charge >= 0.3 is 17.9 Å². The molecule has 0 N–H and O–H groups in total. The SMILES string of the molecule is CC/C=C\C/C=C\C/C=C\C/C=C\C/C=C\C/C=C\C/C=C\C/C=C\C/C=C\C/C=C\CCCCC(=O)OCC(COC(=O)CCCCCCCCCC)OC(=O)CCCCCCC/C=C\C/C=C\CCC. The molecule has 72 heavy (non-hydrogen) atoms. The maximum atomic E-state index is 12.8. The number of ether oxygens (including phenoxy) is 3. The van der Waals surface area contributed by atoms with Crippen molar-refractivity contribution in [3.63, 3.8) is 0 Å². The molecule has 0 heterocycles. The number of carbonyl (C=O) groups is 3. The van der Waals surface area contributed by atoms with Crippen molar-refractivity contribution in [2.75, 3.05) is 13.2 Å². The number of allylic oxidation sites excluding steroid dienone is 24. The predicted molar refractivity (Wildman–Crippen MR) is 311 cm³/mol. The van der Waals surface area contributed by atoms with Crippen LogP contribution in [0.4, 0.5) is 0 Å². The Bertz CT molecular complexity index is 1610. The first kappa shape index (κ1) is 67.3. The van der Waals surface area contributed by atoms with Crippen LogP contribution in [-0.2, 0) is 28.6 Å². The van der Waals surface area contributed by atoms with Crippen LogP contribution in [0.3, 0.4) is 0 Å². The zero-order chi connectivity index (χ0) is 52.2. The standard InChI is InChI=1S/C66H104O6/c1-4-7-10-13-16-19-21-23-24-25-26-27-28-29-30-31-32-33-34-35-36-37-38-39-40-41-42-44-45-47-50-53-56-59-65(68)71-62-63(61-70-64(67)58-55-52-49-18-15-12-9-6-3)72-66(69)60-57-54-51-48-46-43-22-20-17-14-11-8-5-2/h7,10-11,14,16,19-20,22-24,26-27,29-30,32-33,35-36,38-39,41-42,45,47,63H,4-6,8-9,12-13,15,17-18,21,25,28,31,34,37,40,43-44,46,48-62H2,1-3H3/b10-7-,14-11-,19-16-,22-20-,24-23-,27-26-,30-29-,33-32-,36-35-,39-38-,42-41-,47-45-. The molecule has 6 heteroatoms. The second-order valence-corrected chi connectivity index (χ2v) is 18.5. The monoisotopic (exact) mass is 993 g/mol. The first-order chi connectivity index (χ1) is 35.5. The third kappa shape index (κ3) is 56.2. The van der Waals surface area contributed by atoms with Crippen molar-refractivity contribution < 1.29 is 28.6 Å². The van der Waals surface area contributed by atoms with Gasteiger partial charge in [0.15, 0.2) is 6.10 Å². The summed E-state index contributed by atoms with van der Waals surface area (Å²) in [5.74, 6) is -0.975. The molecule has 0 saturated heterocycles. The van der Waals surface area contributed by atoms with Crippen LogP contribution in [0.5, 0.6) is 0 Å². The Morgan fingerprint density at radius 2 is 0.569 bits per heavy atom. The van der Waals surface area contributed by atoms with E-state index in [4.69, 9.17) is 14.2 Å². The summed E-state index contributed by atoms with van der Waals surface area (Å²) in [5.41, 5.74) is 0. The zero-order valence-corrected chi connectivity index (χ0v) is 46.1. The number of esters is 3. The molecule has 0 bridgehead atoms. The largest absolute Gasteiger partial charge is 0.462 e. The topological polar surface area (TPSA) is 78.9 Å². The van der Waals surface area contributed by atoms with Crippen molar-refractivity contribution in [2.45, 2.75) is 239 Å². The molecule has 0 aliphatic carbocycles. The summed E-state index contributed by atoms with van der Waals surface area (Å²) in [4.78, 5) is 37.9. The van der Waals surface area contributed by atoms with Gasteiger partial charge in [0.05, 0.1) is 0 Å². The average molecular weight is 994 g/mol. The maximum Gasteiger partial charge on any atom is 0.306 e. The molecule has 0 aliphatic rings. The van der Waals surface area contributed by atoms with Gasteiger partial charge in [-0.25, -0.2) is 0 Å². The highest BCUT2D eigenvalue weighted by Crippen LogP contribution is 2.13. The molecular weight excluding hydrogens is 889 g/mol. The van der Waals surface area contributed by atoms with Gasteiger partial charge in [0.2, 0.25) is 0 Å². The van der Waals surface area contributed by atoms with Gasteiger partial charge < -0.3 is 14.2 Å². The first-order valence-electron chi connectivity index (χ1n) is 28.8. The van der Waals surface area contributed by atoms with Crippen molar-refractivity contribution in [1.29, 1.82) is 0 Å². The molecule has 0 aliphatic heterocycles. The van der Waals surface area contributed by atoms with Gasteiger partial charge in [-0.15, -0.1) is 0 Å². The third-order valence-corrected chi connectivity index (χ3v) is 11.6. The minimum absolute atomic E-state index is 0.101. The first-order valence-corrected chi connectivity index (χ1v) is 28.8. The van der Waals surface area contributed by atoms with Gasteiger partial charge in [-0.1, -0.05) is 237 Å². The smallest absolute Gasteiger partial charge is 0.306 e. The van der Waals surface area contributed by atoms with Crippen LogP contribution >= 0.6 is 0 Å². The third-order valence-electron chi connectivity index (χ3n) is 11.6. The molecule has 0 rings (SSSR count). The van der Waals surface area contributed by atoms with Gasteiger partial charge in [0, 0.05) is 19.3 Å². The Morgan fingerprint density at radius 3 is 0.931 bits per heavy atom. The highest BCUT2D eigenvalue weighted by atomic mass is 16.6. The summed E-state index contributed by atoms with van der Waals surface area (Å²) in [6.45, 7) is 6.36. The van der Waals surface area contributed by atoms with Gasteiger partial charge in [-0.3, -0.25) is 14.4 Å². The van der Waals surface area contributed by atoms with Crippen LogP contribution in [0.15, 0.2) is 146 Å². The summed E-state index contributed by atoms with van der Waals surface area (Å²) in [7, 11) is 0. The van der Waals surface area contributed by atoms with Crippen LogP contribution in [0, 0.1) is 0 Å². The van der Waals surface area contributed by atoms with Crippen LogP contribution in [0.25, 0.3) is 0 Å². The molecule has 1 unspecified atom stereocenters. The lowest BCUT2D eigenvalue weighted by Gasteiger charge is -2.18. The Hall–Kier alpha value is -4.71. The van der Waals surface area contributed by atoms with Crippen molar-refractivity contribution in [3.05, 3.63) is 146 Å². The molecule has 0 amide bonds. The minimum Gasteiger partial charge on any atom is -0.462 e. The molecule has 0 aromatic rings. The number of unbranched alkanes of at least 4 members (excludes halogenated alkanes) is 15.